The number of carbonyl (C=O) groups is 1. The van der Waals surface area contributed by atoms with E-state index in [1.807, 2.05) is 24.3 Å². The molecule has 0 saturated carbocycles. The summed E-state index contributed by atoms with van der Waals surface area (Å²) in [5.41, 5.74) is 0.332. The predicted molar refractivity (Wildman–Crippen MR) is 110 cm³/mol. The van der Waals surface area contributed by atoms with Crippen LogP contribution in [0.1, 0.15) is 24.3 Å². The van der Waals surface area contributed by atoms with Gasteiger partial charge in [-0.1, -0.05) is 27.2 Å². The van der Waals surface area contributed by atoms with Crippen molar-refractivity contribution in [3.8, 4) is 5.75 Å². The van der Waals surface area contributed by atoms with Crippen LogP contribution in [0.5, 0.6) is 5.75 Å². The number of rotatable bonds is 7. The average Bonchev–Trinajstić information content (AvgIpc) is 3.04. The second kappa shape index (κ2) is 9.27. The highest BCUT2D eigenvalue weighted by atomic mass is 79.9. The molecule has 0 bridgehead atoms. The van der Waals surface area contributed by atoms with E-state index in [9.17, 15) is 13.2 Å². The molecule has 29 heavy (non-hydrogen) atoms. The number of halogens is 1. The van der Waals surface area contributed by atoms with Gasteiger partial charge in [-0.3, -0.25) is 4.79 Å². The van der Waals surface area contributed by atoms with Gasteiger partial charge in [0.25, 0.3) is 0 Å². The fraction of sp³-hybridized carbons (Fsp3) is 0.474. The van der Waals surface area contributed by atoms with Gasteiger partial charge in [-0.25, -0.2) is 8.42 Å². The second-order valence-electron chi connectivity index (χ2n) is 6.95. The van der Waals surface area contributed by atoms with Gasteiger partial charge in [-0.2, -0.15) is 4.31 Å². The summed E-state index contributed by atoms with van der Waals surface area (Å²) in [7, 11) is -3.74. The lowest BCUT2D eigenvalue weighted by Gasteiger charge is -2.31. The lowest BCUT2D eigenvalue weighted by Crippen LogP contribution is -2.46. The summed E-state index contributed by atoms with van der Waals surface area (Å²) in [5.74, 6) is 0.410. The molecule has 0 aliphatic carbocycles. The van der Waals surface area contributed by atoms with E-state index in [4.69, 9.17) is 9.26 Å². The lowest BCUT2D eigenvalue weighted by molar-refractivity contribution is -0.126. The molecule has 3 rings (SSSR count). The molecular formula is C19H24BrN3O5S. The number of sulfonamides is 1. The fourth-order valence-electron chi connectivity index (χ4n) is 3.39. The summed E-state index contributed by atoms with van der Waals surface area (Å²) in [4.78, 5) is 12.6. The van der Waals surface area contributed by atoms with Gasteiger partial charge in [0.15, 0.2) is 5.76 Å². The number of ether oxygens (including phenoxy) is 1. The Bertz CT molecular complexity index is 956. The zero-order valence-corrected chi connectivity index (χ0v) is 18.8. The summed E-state index contributed by atoms with van der Waals surface area (Å²) in [5, 5.41) is 6.57. The molecule has 1 aliphatic heterocycles. The zero-order chi connectivity index (χ0) is 21.0. The van der Waals surface area contributed by atoms with Crippen LogP contribution in [0.4, 0.5) is 0 Å². The molecule has 1 saturated heterocycles. The van der Waals surface area contributed by atoms with Crippen molar-refractivity contribution in [2.24, 2.45) is 5.92 Å². The number of aryl methyl sites for hydroxylation is 2. The molecule has 0 spiro atoms. The number of benzene rings is 1. The molecule has 1 fully saturated rings. The van der Waals surface area contributed by atoms with Crippen molar-refractivity contribution in [1.29, 1.82) is 0 Å². The van der Waals surface area contributed by atoms with E-state index in [0.717, 1.165) is 4.47 Å². The highest BCUT2D eigenvalue weighted by Gasteiger charge is 2.36. The highest BCUT2D eigenvalue weighted by Crippen LogP contribution is 2.27. The molecule has 1 aromatic heterocycles. The van der Waals surface area contributed by atoms with Crippen molar-refractivity contribution >= 4 is 31.9 Å². The monoisotopic (exact) mass is 485 g/mol. The standard InChI is InChI=1S/C19H24BrN3O5S/c1-13-18(14(2)28-22-13)29(25,26)23-9-4-5-15(12-23)19(24)21-8-10-27-17-7-3-6-16(20)11-17/h3,6-7,11,15H,4-5,8-10,12H2,1-2H3,(H,21,24). The third-order valence-corrected chi connectivity index (χ3v) is 7.39. The number of hydrogen-bond acceptors (Lipinski definition) is 6. The lowest BCUT2D eigenvalue weighted by atomic mass is 9.99. The molecule has 2 heterocycles. The third-order valence-electron chi connectivity index (χ3n) is 4.79. The molecule has 1 amide bonds. The Labute approximate surface area is 178 Å². The number of carbonyl (C=O) groups excluding carboxylic acids is 1. The molecule has 1 aliphatic rings. The van der Waals surface area contributed by atoms with Crippen molar-refractivity contribution in [2.45, 2.75) is 31.6 Å². The molecule has 1 atom stereocenters. The van der Waals surface area contributed by atoms with Gasteiger partial charge in [0.1, 0.15) is 22.9 Å². The van der Waals surface area contributed by atoms with E-state index >= 15 is 0 Å². The Morgan fingerprint density at radius 1 is 1.41 bits per heavy atom. The Morgan fingerprint density at radius 2 is 2.21 bits per heavy atom. The quantitative estimate of drug-likeness (QED) is 0.604. The van der Waals surface area contributed by atoms with E-state index in [1.54, 1.807) is 13.8 Å². The molecule has 158 valence electrons. The first-order valence-corrected chi connectivity index (χ1v) is 11.6. The van der Waals surface area contributed by atoms with E-state index in [-0.39, 0.29) is 23.1 Å². The van der Waals surface area contributed by atoms with Crippen molar-refractivity contribution in [1.82, 2.24) is 14.8 Å². The van der Waals surface area contributed by atoms with Crippen molar-refractivity contribution in [3.63, 3.8) is 0 Å². The minimum atomic E-state index is -3.74. The number of nitrogens with one attached hydrogen (secondary N) is 1. The molecule has 1 N–H and O–H groups in total. The Kier molecular flexibility index (Phi) is 6.97. The van der Waals surface area contributed by atoms with Gasteiger partial charge >= 0.3 is 0 Å². The largest absolute Gasteiger partial charge is 0.492 e. The van der Waals surface area contributed by atoms with E-state index < -0.39 is 15.9 Å². The first-order chi connectivity index (χ1) is 13.8. The summed E-state index contributed by atoms with van der Waals surface area (Å²) < 4.78 is 38.8. The maximum absolute atomic E-state index is 13.0. The zero-order valence-electron chi connectivity index (χ0n) is 16.4. The summed E-state index contributed by atoms with van der Waals surface area (Å²) in [6.07, 6.45) is 1.27. The summed E-state index contributed by atoms with van der Waals surface area (Å²) in [6.45, 7) is 4.37. The maximum atomic E-state index is 13.0. The maximum Gasteiger partial charge on any atom is 0.248 e. The first kappa shape index (κ1) is 21.8. The van der Waals surface area contributed by atoms with Crippen LogP contribution in [-0.4, -0.2) is 50.0 Å². The van der Waals surface area contributed by atoms with Crippen LogP contribution >= 0.6 is 15.9 Å². The Balaban J connectivity index is 1.54. The van der Waals surface area contributed by atoms with Crippen LogP contribution in [0.25, 0.3) is 0 Å². The van der Waals surface area contributed by atoms with Gasteiger partial charge in [0.2, 0.25) is 15.9 Å². The van der Waals surface area contributed by atoms with Crippen molar-refractivity contribution in [3.05, 3.63) is 40.2 Å². The Morgan fingerprint density at radius 3 is 2.90 bits per heavy atom. The predicted octanol–water partition coefficient (Wildman–Crippen LogP) is 2.65. The molecule has 0 radical (unpaired) electrons. The van der Waals surface area contributed by atoms with Crippen LogP contribution in [0.2, 0.25) is 0 Å². The van der Waals surface area contributed by atoms with Gasteiger partial charge in [0, 0.05) is 17.6 Å². The van der Waals surface area contributed by atoms with Gasteiger partial charge in [-0.15, -0.1) is 0 Å². The fourth-order valence-corrected chi connectivity index (χ4v) is 5.58. The molecule has 1 unspecified atom stereocenters. The van der Waals surface area contributed by atoms with Crippen molar-refractivity contribution < 1.29 is 22.5 Å². The normalized spacial score (nSPS) is 17.8. The van der Waals surface area contributed by atoms with E-state index in [0.29, 0.717) is 44.0 Å². The average molecular weight is 486 g/mol. The van der Waals surface area contributed by atoms with E-state index in [1.165, 1.54) is 4.31 Å². The SMILES string of the molecule is Cc1noc(C)c1S(=O)(=O)N1CCCC(C(=O)NCCOc2cccc(Br)c2)C1. The van der Waals surface area contributed by atoms with Crippen LogP contribution < -0.4 is 10.1 Å². The molecule has 8 nitrogen and oxygen atoms in total. The van der Waals surface area contributed by atoms with Crippen LogP contribution in [-0.2, 0) is 14.8 Å². The first-order valence-electron chi connectivity index (χ1n) is 9.38. The Hall–Kier alpha value is -1.91. The number of piperidine rings is 1. The molecule has 10 heteroatoms. The minimum absolute atomic E-state index is 0.0981. The van der Waals surface area contributed by atoms with Gasteiger partial charge < -0.3 is 14.6 Å². The highest BCUT2D eigenvalue weighted by molar-refractivity contribution is 9.10. The number of amides is 1. The summed E-state index contributed by atoms with van der Waals surface area (Å²) in [6, 6.07) is 7.46. The minimum Gasteiger partial charge on any atom is -0.492 e. The van der Waals surface area contributed by atoms with E-state index in [2.05, 4.69) is 26.4 Å². The second-order valence-corrected chi connectivity index (χ2v) is 9.74. The number of aromatic nitrogens is 1. The molecular weight excluding hydrogens is 462 g/mol. The third kappa shape index (κ3) is 5.18. The number of hydrogen-bond donors (Lipinski definition) is 1. The smallest absolute Gasteiger partial charge is 0.248 e. The topological polar surface area (TPSA) is 102 Å². The van der Waals surface area contributed by atoms with Crippen LogP contribution in [0.15, 0.2) is 38.2 Å². The van der Waals surface area contributed by atoms with Crippen molar-refractivity contribution in [2.75, 3.05) is 26.2 Å². The van der Waals surface area contributed by atoms with Gasteiger partial charge in [-0.05, 0) is 44.9 Å². The van der Waals surface area contributed by atoms with Crippen LogP contribution in [0, 0.1) is 19.8 Å². The van der Waals surface area contributed by atoms with Crippen LogP contribution in [0.3, 0.4) is 0 Å². The molecule has 2 aromatic rings. The molecule has 1 aromatic carbocycles. The summed E-state index contributed by atoms with van der Waals surface area (Å²) >= 11 is 3.38. The van der Waals surface area contributed by atoms with Gasteiger partial charge in [0.05, 0.1) is 12.5 Å². The number of nitrogens with zero attached hydrogens (tertiary/aromatic N) is 2.